The Bertz CT molecular complexity index is 3670. The quantitative estimate of drug-likeness (QED) is 0.0415. The van der Waals surface area contributed by atoms with Gasteiger partial charge in [-0.05, 0) is 17.5 Å². The van der Waals surface area contributed by atoms with E-state index >= 15 is 52.7 Å². The molecule has 0 aromatic heterocycles. The van der Waals surface area contributed by atoms with Crippen LogP contribution in [0, 0.1) is 122 Å². The highest BCUT2D eigenvalue weighted by Gasteiger charge is 2.43. The SMILES string of the molecule is Fc1c(F)c(F)c2c(OB(Oc3c(F)c(F)c4c(F)c(F)c5c(F)ccc6ccc3c4c65)Oc3c(F)c(F)c(F)c4c(F)c5c(F)c(F)c(F)c(F)c5c(F)c34)c(F)c(F)c(F)c2c1F. The fourth-order valence-corrected chi connectivity index (χ4v) is 7.43. The third kappa shape index (κ3) is 5.58. The smallest absolute Gasteiger partial charge is 0.486 e. The Kier molecular flexibility index (Phi) is 9.54. The van der Waals surface area contributed by atoms with Gasteiger partial charge in [0.25, 0.3) is 0 Å². The molecule has 9 aromatic rings. The van der Waals surface area contributed by atoms with Crippen molar-refractivity contribution >= 4 is 72.0 Å². The summed E-state index contributed by atoms with van der Waals surface area (Å²) < 4.78 is 334. The number of hydrogen-bond acceptors (Lipinski definition) is 3. The maximum Gasteiger partial charge on any atom is 0.864 e. The van der Waals surface area contributed by atoms with Crippen molar-refractivity contribution in [3.05, 3.63) is 146 Å². The second-order valence-electron chi connectivity index (χ2n) is 13.5. The lowest BCUT2D eigenvalue weighted by Crippen LogP contribution is -2.38. The number of halogens is 21. The van der Waals surface area contributed by atoms with Gasteiger partial charge in [-0.2, -0.15) is 13.2 Å². The number of fused-ring (bicyclic) bond motifs is 3. The molecule has 0 aliphatic rings. The lowest BCUT2D eigenvalue weighted by atomic mass is 9.92. The molecule has 65 heavy (non-hydrogen) atoms. The standard InChI is InChI=1S/C40H4BF21O3/c42-7-4-2-5-1-3-6-9-8(5)10(7)20(45)21(46)11(9)27(52)35(60)38(6)63-41(65-40-17-15(26(51)34(59)37(40)62)25(50)31(56)32(57)28(17)53)64-39-16-14(24(49)33(58)36(39)61)18(43)12-13(19(16)44)23(48)30(55)29(54)22(12)47/h1-4H. The molecule has 0 N–H and O–H groups in total. The van der Waals surface area contributed by atoms with Crippen LogP contribution in [0.1, 0.15) is 0 Å². The van der Waals surface area contributed by atoms with Crippen LogP contribution in [0.2, 0.25) is 0 Å². The molecule has 0 aliphatic heterocycles. The summed E-state index contributed by atoms with van der Waals surface area (Å²) in [5.41, 5.74) is 0. The van der Waals surface area contributed by atoms with Gasteiger partial charge in [0, 0.05) is 16.2 Å². The summed E-state index contributed by atoms with van der Waals surface area (Å²) in [6, 6.07) is 2.93. The first kappa shape index (κ1) is 43.1. The van der Waals surface area contributed by atoms with Crippen LogP contribution in [0.15, 0.2) is 24.3 Å². The van der Waals surface area contributed by atoms with Crippen LogP contribution in [0.3, 0.4) is 0 Å². The molecule has 0 radical (unpaired) electrons. The maximum atomic E-state index is 16.3. The molecular weight excluding hydrogens is 938 g/mol. The summed E-state index contributed by atoms with van der Waals surface area (Å²) in [6.07, 6.45) is 0. The highest BCUT2D eigenvalue weighted by Crippen LogP contribution is 2.48. The molecule has 0 saturated heterocycles. The molecule has 0 spiro atoms. The van der Waals surface area contributed by atoms with E-state index in [1.165, 1.54) is 0 Å². The van der Waals surface area contributed by atoms with Crippen LogP contribution in [-0.4, -0.2) is 7.32 Å². The van der Waals surface area contributed by atoms with Crippen LogP contribution < -0.4 is 14.0 Å². The van der Waals surface area contributed by atoms with Gasteiger partial charge in [0.2, 0.25) is 11.6 Å². The molecule has 0 atom stereocenters. The van der Waals surface area contributed by atoms with E-state index in [9.17, 15) is 39.5 Å². The molecule has 0 aliphatic carbocycles. The minimum atomic E-state index is -3.95. The van der Waals surface area contributed by atoms with E-state index in [-0.39, 0.29) is 5.39 Å². The summed E-state index contributed by atoms with van der Waals surface area (Å²) in [7, 11) is -3.95. The highest BCUT2D eigenvalue weighted by molar-refractivity contribution is 6.41. The Balaban J connectivity index is 1.39. The van der Waals surface area contributed by atoms with Crippen molar-refractivity contribution in [3.63, 3.8) is 0 Å². The lowest BCUT2D eigenvalue weighted by molar-refractivity contribution is 0.283. The van der Waals surface area contributed by atoms with E-state index in [1.54, 1.807) is 0 Å². The zero-order chi connectivity index (χ0) is 47.3. The van der Waals surface area contributed by atoms with Gasteiger partial charge in [0.15, 0.2) is 110 Å². The molecule has 332 valence electrons. The zero-order valence-corrected chi connectivity index (χ0v) is 30.0. The van der Waals surface area contributed by atoms with Gasteiger partial charge in [-0.3, -0.25) is 0 Å². The van der Waals surface area contributed by atoms with Gasteiger partial charge in [-0.15, -0.1) is 0 Å². The molecule has 0 unspecified atom stereocenters. The number of hydrogen-bond donors (Lipinski definition) is 0. The van der Waals surface area contributed by atoms with Crippen LogP contribution in [0.4, 0.5) is 92.2 Å². The molecular formula is C40H4BF21O3. The fraction of sp³-hybridized carbons (Fsp3) is 0. The normalized spacial score (nSPS) is 12.1. The van der Waals surface area contributed by atoms with Gasteiger partial charge in [0.05, 0.1) is 43.1 Å². The third-order valence-electron chi connectivity index (χ3n) is 10.2. The van der Waals surface area contributed by atoms with Crippen LogP contribution in [0.5, 0.6) is 17.2 Å². The van der Waals surface area contributed by atoms with Crippen molar-refractivity contribution in [1.82, 2.24) is 0 Å². The largest absolute Gasteiger partial charge is 0.864 e. The molecule has 3 nitrogen and oxygen atoms in total. The molecule has 0 bridgehead atoms. The van der Waals surface area contributed by atoms with E-state index in [2.05, 4.69) is 0 Å². The average molecular weight is 942 g/mol. The molecule has 9 aromatic carbocycles. The second kappa shape index (κ2) is 14.4. The van der Waals surface area contributed by atoms with Crippen molar-refractivity contribution in [2.75, 3.05) is 0 Å². The summed E-state index contributed by atoms with van der Waals surface area (Å²) in [6.45, 7) is 0. The first-order valence-electron chi connectivity index (χ1n) is 17.1. The van der Waals surface area contributed by atoms with Crippen molar-refractivity contribution in [2.45, 2.75) is 0 Å². The van der Waals surface area contributed by atoms with E-state index in [0.29, 0.717) is 12.1 Å². The van der Waals surface area contributed by atoms with Crippen molar-refractivity contribution in [1.29, 1.82) is 0 Å². The first-order valence-corrected chi connectivity index (χ1v) is 17.1. The van der Waals surface area contributed by atoms with Gasteiger partial charge < -0.3 is 14.0 Å². The number of rotatable bonds is 6. The lowest BCUT2D eigenvalue weighted by Gasteiger charge is -2.23. The highest BCUT2D eigenvalue weighted by atomic mass is 19.2. The van der Waals surface area contributed by atoms with Gasteiger partial charge in [-0.25, -0.2) is 79.0 Å². The molecule has 0 heterocycles. The Morgan fingerprint density at radius 3 is 1.02 bits per heavy atom. The molecule has 0 fully saturated rings. The summed E-state index contributed by atoms with van der Waals surface area (Å²) >= 11 is 0. The van der Waals surface area contributed by atoms with Crippen molar-refractivity contribution < 1.29 is 106 Å². The van der Waals surface area contributed by atoms with Crippen LogP contribution >= 0.6 is 0 Å². The van der Waals surface area contributed by atoms with E-state index < -0.39 is 206 Å². The summed E-state index contributed by atoms with van der Waals surface area (Å²) in [4.78, 5) is 0. The van der Waals surface area contributed by atoms with Gasteiger partial charge in [0.1, 0.15) is 17.5 Å². The fourth-order valence-electron chi connectivity index (χ4n) is 7.43. The van der Waals surface area contributed by atoms with E-state index in [1.807, 2.05) is 0 Å². The Morgan fingerprint density at radius 2 is 0.523 bits per heavy atom. The summed E-state index contributed by atoms with van der Waals surface area (Å²) in [5.74, 6) is -64.4. The minimum Gasteiger partial charge on any atom is -0.486 e. The predicted molar refractivity (Wildman–Crippen MR) is 182 cm³/mol. The monoisotopic (exact) mass is 942 g/mol. The Morgan fingerprint density at radius 1 is 0.231 bits per heavy atom. The third-order valence-corrected chi connectivity index (χ3v) is 10.2. The Hall–Kier alpha value is -7.21. The molecule has 0 saturated carbocycles. The zero-order valence-electron chi connectivity index (χ0n) is 30.0. The number of benzene rings is 9. The average Bonchev–Trinajstić information content (AvgIpc) is 3.27. The molecule has 25 heteroatoms. The van der Waals surface area contributed by atoms with Crippen molar-refractivity contribution in [2.24, 2.45) is 0 Å². The Labute approximate surface area is 341 Å². The van der Waals surface area contributed by atoms with Crippen molar-refractivity contribution in [3.8, 4) is 17.2 Å². The maximum absolute atomic E-state index is 16.3. The minimum absolute atomic E-state index is 0.277. The van der Waals surface area contributed by atoms with Gasteiger partial charge in [-0.1, -0.05) is 12.1 Å². The van der Waals surface area contributed by atoms with Crippen LogP contribution in [0.25, 0.3) is 64.6 Å². The first-order chi connectivity index (χ1) is 30.5. The molecule has 0 amide bonds. The van der Waals surface area contributed by atoms with E-state index in [0.717, 1.165) is 12.1 Å². The van der Waals surface area contributed by atoms with E-state index in [4.69, 9.17) is 14.0 Å². The molecule has 9 rings (SSSR count). The van der Waals surface area contributed by atoms with Gasteiger partial charge >= 0.3 is 7.32 Å². The predicted octanol–water partition coefficient (Wildman–Crippen LogP) is 13.5. The second-order valence-corrected chi connectivity index (χ2v) is 13.5. The summed E-state index contributed by atoms with van der Waals surface area (Å²) in [5, 5.41) is -20.3. The topological polar surface area (TPSA) is 27.7 Å². The van der Waals surface area contributed by atoms with Crippen LogP contribution in [-0.2, 0) is 0 Å².